The van der Waals surface area contributed by atoms with Crippen LogP contribution in [0.3, 0.4) is 0 Å². The van der Waals surface area contributed by atoms with Gasteiger partial charge in [-0.2, -0.15) is 0 Å². The van der Waals surface area contributed by atoms with Crippen molar-refractivity contribution in [3.05, 3.63) is 0 Å². The van der Waals surface area contributed by atoms with Gasteiger partial charge in [0, 0.05) is 11.8 Å². The van der Waals surface area contributed by atoms with Crippen molar-refractivity contribution >= 4 is 15.9 Å². The summed E-state index contributed by atoms with van der Waals surface area (Å²) in [5.41, 5.74) is -0.130. The zero-order valence-electron chi connectivity index (χ0n) is 11.3. The van der Waals surface area contributed by atoms with Crippen molar-refractivity contribution in [1.29, 1.82) is 0 Å². The molecule has 0 aromatic heterocycles. The Labute approximate surface area is 109 Å². The predicted octanol–water partition coefficient (Wildman–Crippen LogP) is 1.76. The van der Waals surface area contributed by atoms with Crippen molar-refractivity contribution in [2.45, 2.75) is 52.5 Å². The highest BCUT2D eigenvalue weighted by Gasteiger charge is 2.72. The maximum Gasteiger partial charge on any atom is 0.238 e. The first-order valence-electron chi connectivity index (χ1n) is 6.81. The average molecular weight is 271 g/mol. The second-order valence-electron chi connectivity index (χ2n) is 6.66. The van der Waals surface area contributed by atoms with Crippen molar-refractivity contribution in [3.8, 4) is 0 Å². The van der Waals surface area contributed by atoms with Gasteiger partial charge in [-0.15, -0.1) is 0 Å². The highest BCUT2D eigenvalue weighted by Crippen LogP contribution is 2.69. The lowest BCUT2D eigenvalue weighted by Crippen LogP contribution is -2.43. The quantitative estimate of drug-likeness (QED) is 0.730. The Bertz CT molecular complexity index is 510. The van der Waals surface area contributed by atoms with Gasteiger partial charge in [-0.1, -0.05) is 20.8 Å². The summed E-state index contributed by atoms with van der Waals surface area (Å²) in [5, 5.41) is 0. The molecule has 2 saturated carbocycles. The van der Waals surface area contributed by atoms with Crippen LogP contribution in [0.1, 0.15) is 46.5 Å². The molecule has 3 atom stereocenters. The van der Waals surface area contributed by atoms with E-state index in [1.165, 1.54) is 4.31 Å². The SMILES string of the molecule is CCC(=O)N1C2C[C@@H]3CC[C@@]2(CS1(=O)=O)C3(C)C. The molecular formula is C13H21NO3S. The van der Waals surface area contributed by atoms with Crippen LogP contribution in [0.4, 0.5) is 0 Å². The number of sulfonamides is 1. The lowest BCUT2D eigenvalue weighted by molar-refractivity contribution is -0.128. The third-order valence-electron chi connectivity index (χ3n) is 5.96. The van der Waals surface area contributed by atoms with Gasteiger partial charge >= 0.3 is 0 Å². The van der Waals surface area contributed by atoms with E-state index >= 15 is 0 Å². The summed E-state index contributed by atoms with van der Waals surface area (Å²) in [5.74, 6) is 0.533. The van der Waals surface area contributed by atoms with Crippen molar-refractivity contribution in [1.82, 2.24) is 4.31 Å². The largest absolute Gasteiger partial charge is 0.274 e. The van der Waals surface area contributed by atoms with Crippen molar-refractivity contribution in [2.75, 3.05) is 5.75 Å². The van der Waals surface area contributed by atoms with Crippen molar-refractivity contribution < 1.29 is 13.2 Å². The number of hydrogen-bond acceptors (Lipinski definition) is 3. The molecule has 0 aromatic rings. The Morgan fingerprint density at radius 1 is 1.39 bits per heavy atom. The van der Waals surface area contributed by atoms with Gasteiger partial charge < -0.3 is 0 Å². The van der Waals surface area contributed by atoms with E-state index in [-0.39, 0.29) is 35.0 Å². The van der Waals surface area contributed by atoms with E-state index in [0.717, 1.165) is 19.3 Å². The molecule has 3 rings (SSSR count). The Kier molecular flexibility index (Phi) is 2.28. The zero-order valence-corrected chi connectivity index (χ0v) is 12.1. The lowest BCUT2D eigenvalue weighted by Gasteiger charge is -2.37. The summed E-state index contributed by atoms with van der Waals surface area (Å²) >= 11 is 0. The number of rotatable bonds is 1. The van der Waals surface area contributed by atoms with Crippen LogP contribution in [0, 0.1) is 16.7 Å². The third-order valence-corrected chi connectivity index (χ3v) is 7.90. The highest BCUT2D eigenvalue weighted by molar-refractivity contribution is 7.90. The molecule has 0 N–H and O–H groups in total. The fraction of sp³-hybridized carbons (Fsp3) is 0.923. The predicted molar refractivity (Wildman–Crippen MR) is 68.3 cm³/mol. The van der Waals surface area contributed by atoms with Crippen LogP contribution < -0.4 is 0 Å². The zero-order chi connectivity index (χ0) is 13.3. The minimum atomic E-state index is -3.39. The van der Waals surface area contributed by atoms with Gasteiger partial charge in [0.25, 0.3) is 0 Å². The number of carbonyl (C=O) groups excluding carboxylic acids is 1. The van der Waals surface area contributed by atoms with E-state index in [9.17, 15) is 13.2 Å². The average Bonchev–Trinajstić information content (AvgIpc) is 2.74. The molecule has 0 aromatic carbocycles. The van der Waals surface area contributed by atoms with E-state index in [2.05, 4.69) is 13.8 Å². The summed E-state index contributed by atoms with van der Waals surface area (Å²) in [6, 6.07) is -0.0660. The first kappa shape index (κ1) is 12.5. The molecule has 1 amide bonds. The molecule has 3 aliphatic rings. The minimum absolute atomic E-state index is 0.0491. The molecule has 18 heavy (non-hydrogen) atoms. The summed E-state index contributed by atoms with van der Waals surface area (Å²) < 4.78 is 25.9. The lowest BCUT2D eigenvalue weighted by atomic mass is 9.69. The third kappa shape index (κ3) is 1.17. The molecular weight excluding hydrogens is 250 g/mol. The summed E-state index contributed by atoms with van der Waals surface area (Å²) in [6.45, 7) is 6.13. The monoisotopic (exact) mass is 271 g/mol. The highest BCUT2D eigenvalue weighted by atomic mass is 32.2. The summed E-state index contributed by atoms with van der Waals surface area (Å²) in [6.07, 6.45) is 3.23. The van der Waals surface area contributed by atoms with Crippen LogP contribution >= 0.6 is 0 Å². The number of fused-ring (bicyclic) bond motifs is 1. The van der Waals surface area contributed by atoms with E-state index in [1.807, 2.05) is 0 Å². The number of amides is 1. The second kappa shape index (κ2) is 3.30. The fourth-order valence-corrected chi connectivity index (χ4v) is 7.39. The van der Waals surface area contributed by atoms with Gasteiger partial charge in [0.1, 0.15) is 0 Å². The number of nitrogens with zero attached hydrogens (tertiary/aromatic N) is 1. The first-order valence-corrected chi connectivity index (χ1v) is 8.42. The molecule has 1 spiro atoms. The molecule has 5 heteroatoms. The topological polar surface area (TPSA) is 54.5 Å². The standard InChI is InChI=1S/C13H21NO3S/c1-4-11(15)14-10-7-9-5-6-13(10,12(9,2)3)8-18(14,16)17/h9-10H,4-8H2,1-3H3/t9-,10?,13-/m0/s1. The maximum absolute atomic E-state index is 12.4. The van der Waals surface area contributed by atoms with Crippen LogP contribution in [-0.2, 0) is 14.8 Å². The molecule has 0 radical (unpaired) electrons. The van der Waals surface area contributed by atoms with Gasteiger partial charge in [0.2, 0.25) is 15.9 Å². The smallest absolute Gasteiger partial charge is 0.238 e. The van der Waals surface area contributed by atoms with E-state index < -0.39 is 10.0 Å². The Balaban J connectivity index is 2.11. The molecule has 1 aliphatic heterocycles. The summed E-state index contributed by atoms with van der Waals surface area (Å²) in [7, 11) is -3.39. The summed E-state index contributed by atoms with van der Waals surface area (Å²) in [4.78, 5) is 12.0. The van der Waals surface area contributed by atoms with Gasteiger partial charge in [-0.3, -0.25) is 4.79 Å². The van der Waals surface area contributed by atoms with E-state index in [0.29, 0.717) is 5.92 Å². The number of carbonyl (C=O) groups is 1. The molecule has 2 aliphatic carbocycles. The molecule has 102 valence electrons. The van der Waals surface area contributed by atoms with E-state index in [1.54, 1.807) is 6.92 Å². The first-order chi connectivity index (χ1) is 8.26. The van der Waals surface area contributed by atoms with Gasteiger partial charge in [0.05, 0.1) is 11.8 Å². The van der Waals surface area contributed by atoms with Gasteiger partial charge in [0.15, 0.2) is 0 Å². The molecule has 1 heterocycles. The van der Waals surface area contributed by atoms with Gasteiger partial charge in [-0.25, -0.2) is 12.7 Å². The molecule has 2 bridgehead atoms. The van der Waals surface area contributed by atoms with E-state index in [4.69, 9.17) is 0 Å². The Hall–Kier alpha value is -0.580. The molecule has 1 unspecified atom stereocenters. The van der Waals surface area contributed by atoms with Crippen molar-refractivity contribution in [2.24, 2.45) is 16.7 Å². The van der Waals surface area contributed by atoms with Crippen LogP contribution in [0.15, 0.2) is 0 Å². The normalized spacial score (nSPS) is 43.2. The fourth-order valence-electron chi connectivity index (χ4n) is 4.77. The van der Waals surface area contributed by atoms with Crippen LogP contribution in [0.25, 0.3) is 0 Å². The minimum Gasteiger partial charge on any atom is -0.274 e. The Morgan fingerprint density at radius 2 is 2.06 bits per heavy atom. The number of hydrogen-bond donors (Lipinski definition) is 0. The van der Waals surface area contributed by atoms with Crippen molar-refractivity contribution in [3.63, 3.8) is 0 Å². The second-order valence-corrected chi connectivity index (χ2v) is 8.51. The molecule has 1 saturated heterocycles. The Morgan fingerprint density at radius 3 is 2.61 bits per heavy atom. The van der Waals surface area contributed by atoms with Gasteiger partial charge in [-0.05, 0) is 30.6 Å². The van der Waals surface area contributed by atoms with Crippen LogP contribution in [-0.4, -0.2) is 30.4 Å². The molecule has 4 nitrogen and oxygen atoms in total. The maximum atomic E-state index is 12.4. The molecule has 3 fully saturated rings. The van der Waals surface area contributed by atoms with Crippen LogP contribution in [0.2, 0.25) is 0 Å². The van der Waals surface area contributed by atoms with Crippen LogP contribution in [0.5, 0.6) is 0 Å².